The number of benzene rings is 1. The van der Waals surface area contributed by atoms with Crippen molar-refractivity contribution in [2.75, 3.05) is 32.8 Å². The van der Waals surface area contributed by atoms with E-state index >= 15 is 0 Å². The molecule has 0 amide bonds. The molecule has 0 radical (unpaired) electrons. The van der Waals surface area contributed by atoms with Gasteiger partial charge in [0.05, 0.1) is 24.2 Å². The van der Waals surface area contributed by atoms with Gasteiger partial charge < -0.3 is 9.30 Å². The number of ether oxygens (including phenoxy) is 1. The van der Waals surface area contributed by atoms with Gasteiger partial charge in [0.25, 0.3) is 0 Å². The van der Waals surface area contributed by atoms with Crippen LogP contribution in [0.3, 0.4) is 0 Å². The lowest BCUT2D eigenvalue weighted by Gasteiger charge is -2.26. The maximum absolute atomic E-state index is 13.3. The molecule has 0 N–H and O–H groups in total. The summed E-state index contributed by atoms with van der Waals surface area (Å²) in [4.78, 5) is 6.84. The van der Waals surface area contributed by atoms with E-state index in [9.17, 15) is 4.39 Å². The van der Waals surface area contributed by atoms with Crippen LogP contribution in [0, 0.1) is 5.82 Å². The molecule has 0 spiro atoms. The molecular weight excluding hydrogens is 277 g/mol. The third-order valence-electron chi connectivity index (χ3n) is 3.67. The van der Waals surface area contributed by atoms with Gasteiger partial charge in [-0.05, 0) is 12.1 Å². The second-order valence-corrected chi connectivity index (χ2v) is 5.24. The fourth-order valence-corrected chi connectivity index (χ4v) is 2.83. The normalized spacial score (nSPS) is 16.9. The van der Waals surface area contributed by atoms with Crippen molar-refractivity contribution in [3.05, 3.63) is 29.8 Å². The Hall–Kier alpha value is -1.11. The van der Waals surface area contributed by atoms with Crippen LogP contribution < -0.4 is 0 Å². The number of imidazole rings is 1. The highest BCUT2D eigenvalue weighted by molar-refractivity contribution is 7.79. The maximum Gasteiger partial charge on any atom is 0.125 e. The molecule has 0 unspecified atom stereocenters. The predicted octanol–water partition coefficient (Wildman–Crippen LogP) is 1.94. The Morgan fingerprint density at radius 3 is 2.80 bits per heavy atom. The van der Waals surface area contributed by atoms with E-state index in [4.69, 9.17) is 4.74 Å². The van der Waals surface area contributed by atoms with Gasteiger partial charge in [0.1, 0.15) is 11.6 Å². The zero-order valence-corrected chi connectivity index (χ0v) is 12.2. The Balaban J connectivity index is 1.81. The van der Waals surface area contributed by atoms with Crippen molar-refractivity contribution in [3.63, 3.8) is 0 Å². The summed E-state index contributed by atoms with van der Waals surface area (Å²) in [7, 11) is 0. The largest absolute Gasteiger partial charge is 0.379 e. The van der Waals surface area contributed by atoms with E-state index in [-0.39, 0.29) is 5.82 Å². The van der Waals surface area contributed by atoms with Crippen LogP contribution in [0.1, 0.15) is 5.82 Å². The number of nitrogens with zero attached hydrogens (tertiary/aromatic N) is 3. The zero-order chi connectivity index (χ0) is 13.9. The van der Waals surface area contributed by atoms with Crippen molar-refractivity contribution >= 4 is 23.7 Å². The number of rotatable bonds is 4. The summed E-state index contributed by atoms with van der Waals surface area (Å²) in [5.74, 6) is 1.20. The molecule has 0 saturated carbocycles. The number of aromatic nitrogens is 2. The second kappa shape index (κ2) is 6.11. The van der Waals surface area contributed by atoms with E-state index in [0.717, 1.165) is 50.7 Å². The van der Waals surface area contributed by atoms with Crippen molar-refractivity contribution in [2.24, 2.45) is 0 Å². The van der Waals surface area contributed by atoms with Crippen LogP contribution in [0.2, 0.25) is 0 Å². The summed E-state index contributed by atoms with van der Waals surface area (Å²) in [6.07, 6.45) is 0. The number of hydrogen-bond donors (Lipinski definition) is 1. The van der Waals surface area contributed by atoms with Gasteiger partial charge in [-0.1, -0.05) is 0 Å². The summed E-state index contributed by atoms with van der Waals surface area (Å²) in [6, 6.07) is 4.76. The van der Waals surface area contributed by atoms with Crippen LogP contribution >= 0.6 is 12.6 Å². The summed E-state index contributed by atoms with van der Waals surface area (Å²) in [5.41, 5.74) is 1.68. The van der Waals surface area contributed by atoms with Gasteiger partial charge in [0.15, 0.2) is 0 Å². The highest BCUT2D eigenvalue weighted by atomic mass is 32.1. The summed E-state index contributed by atoms with van der Waals surface area (Å²) in [6.45, 7) is 5.34. The Labute approximate surface area is 122 Å². The van der Waals surface area contributed by atoms with Gasteiger partial charge in [-0.15, -0.1) is 0 Å². The van der Waals surface area contributed by atoms with Gasteiger partial charge in [-0.25, -0.2) is 9.37 Å². The van der Waals surface area contributed by atoms with E-state index in [2.05, 4.69) is 27.1 Å². The molecule has 108 valence electrons. The lowest BCUT2D eigenvalue weighted by atomic mass is 10.3. The number of thiol groups is 1. The van der Waals surface area contributed by atoms with Gasteiger partial charge in [0.2, 0.25) is 0 Å². The molecule has 0 atom stereocenters. The monoisotopic (exact) mass is 295 g/mol. The molecule has 20 heavy (non-hydrogen) atoms. The third-order valence-corrected chi connectivity index (χ3v) is 3.96. The quantitative estimate of drug-likeness (QED) is 0.874. The Bertz CT molecular complexity index is 595. The topological polar surface area (TPSA) is 30.3 Å². The lowest BCUT2D eigenvalue weighted by molar-refractivity contribution is 0.0364. The first kappa shape index (κ1) is 13.9. The van der Waals surface area contributed by atoms with Crippen molar-refractivity contribution in [3.8, 4) is 0 Å². The Morgan fingerprint density at radius 2 is 2.05 bits per heavy atom. The van der Waals surface area contributed by atoms with Crippen molar-refractivity contribution in [1.29, 1.82) is 0 Å². The van der Waals surface area contributed by atoms with Crippen molar-refractivity contribution in [1.82, 2.24) is 14.5 Å². The first-order valence-electron chi connectivity index (χ1n) is 6.83. The van der Waals surface area contributed by atoms with E-state index in [1.165, 1.54) is 12.1 Å². The number of morpholine rings is 1. The SMILES string of the molecule is Fc1ccc2c(c1)nc(CS)n2CCN1CCOCC1. The van der Waals surface area contributed by atoms with E-state index < -0.39 is 0 Å². The fourth-order valence-electron chi connectivity index (χ4n) is 2.59. The molecular formula is C14H18FN3OS. The second-order valence-electron chi connectivity index (χ2n) is 4.92. The van der Waals surface area contributed by atoms with E-state index in [1.54, 1.807) is 6.07 Å². The molecule has 2 heterocycles. The molecule has 1 aliphatic rings. The Kier molecular flexibility index (Phi) is 4.24. The van der Waals surface area contributed by atoms with Crippen LogP contribution in [0.15, 0.2) is 18.2 Å². The van der Waals surface area contributed by atoms with Gasteiger partial charge in [0, 0.05) is 38.0 Å². The predicted molar refractivity (Wildman–Crippen MR) is 79.6 cm³/mol. The average molecular weight is 295 g/mol. The summed E-state index contributed by atoms with van der Waals surface area (Å²) < 4.78 is 20.8. The summed E-state index contributed by atoms with van der Waals surface area (Å²) in [5, 5.41) is 0. The highest BCUT2D eigenvalue weighted by Gasteiger charge is 2.13. The first-order chi connectivity index (χ1) is 9.78. The molecule has 1 fully saturated rings. The number of hydrogen-bond acceptors (Lipinski definition) is 4. The van der Waals surface area contributed by atoms with Crippen molar-refractivity contribution in [2.45, 2.75) is 12.3 Å². The third kappa shape index (κ3) is 2.82. The zero-order valence-electron chi connectivity index (χ0n) is 11.3. The van der Waals surface area contributed by atoms with Gasteiger partial charge in [-0.2, -0.15) is 12.6 Å². The molecule has 3 rings (SSSR count). The first-order valence-corrected chi connectivity index (χ1v) is 7.47. The van der Waals surface area contributed by atoms with Gasteiger partial charge in [-0.3, -0.25) is 4.90 Å². The average Bonchev–Trinajstić information content (AvgIpc) is 2.83. The van der Waals surface area contributed by atoms with Crippen LogP contribution in [0.25, 0.3) is 11.0 Å². The minimum Gasteiger partial charge on any atom is -0.379 e. The molecule has 1 saturated heterocycles. The standard InChI is InChI=1S/C14H18FN3OS/c15-11-1-2-13-12(9-11)16-14(10-20)18(13)4-3-17-5-7-19-8-6-17/h1-2,9,20H,3-8,10H2. The van der Waals surface area contributed by atoms with Crippen molar-refractivity contribution < 1.29 is 9.13 Å². The van der Waals surface area contributed by atoms with Crippen LogP contribution in [-0.4, -0.2) is 47.3 Å². The minimum absolute atomic E-state index is 0.249. The maximum atomic E-state index is 13.3. The fraction of sp³-hybridized carbons (Fsp3) is 0.500. The molecule has 6 heteroatoms. The molecule has 4 nitrogen and oxygen atoms in total. The molecule has 1 aromatic carbocycles. The molecule has 1 aliphatic heterocycles. The van der Waals surface area contributed by atoms with E-state index in [1.807, 2.05) is 0 Å². The summed E-state index contributed by atoms with van der Waals surface area (Å²) >= 11 is 4.33. The van der Waals surface area contributed by atoms with E-state index in [0.29, 0.717) is 11.3 Å². The Morgan fingerprint density at radius 1 is 1.25 bits per heavy atom. The number of halogens is 1. The highest BCUT2D eigenvalue weighted by Crippen LogP contribution is 2.19. The number of fused-ring (bicyclic) bond motifs is 1. The lowest BCUT2D eigenvalue weighted by Crippen LogP contribution is -2.38. The van der Waals surface area contributed by atoms with Crippen LogP contribution in [0.5, 0.6) is 0 Å². The smallest absolute Gasteiger partial charge is 0.125 e. The van der Waals surface area contributed by atoms with Crippen LogP contribution in [0.4, 0.5) is 4.39 Å². The van der Waals surface area contributed by atoms with Gasteiger partial charge >= 0.3 is 0 Å². The minimum atomic E-state index is -0.249. The molecule has 2 aromatic rings. The molecule has 0 bridgehead atoms. The molecule has 1 aromatic heterocycles. The molecule has 0 aliphatic carbocycles. The van der Waals surface area contributed by atoms with Crippen LogP contribution in [-0.2, 0) is 17.0 Å².